The molecule has 0 rings (SSSR count). The minimum atomic E-state index is 0.386. The van der Waals surface area contributed by atoms with E-state index in [2.05, 4.69) is 11.3 Å². The Morgan fingerprint density at radius 2 is 2.62 bits per heavy atom. The van der Waals surface area contributed by atoms with Gasteiger partial charge in [-0.3, -0.25) is 5.41 Å². The summed E-state index contributed by atoms with van der Waals surface area (Å²) in [5.74, 6) is 0. The molecule has 0 heterocycles. The lowest BCUT2D eigenvalue weighted by Gasteiger charge is -1.94. The van der Waals surface area contributed by atoms with Crippen molar-refractivity contribution in [1.29, 1.82) is 5.41 Å². The lowest BCUT2D eigenvalue weighted by Crippen LogP contribution is -1.97. The predicted octanol–water partition coefficient (Wildman–Crippen LogP) is 1.49. The normalized spacial score (nSPS) is 8.62. The highest BCUT2D eigenvalue weighted by Gasteiger charge is 1.89. The van der Waals surface area contributed by atoms with Gasteiger partial charge in [-0.1, -0.05) is 18.3 Å². The Morgan fingerprint density at radius 1 is 2.00 bits per heavy atom. The molecule has 0 radical (unpaired) electrons. The molecule has 8 heavy (non-hydrogen) atoms. The third-order valence-corrected chi connectivity index (χ3v) is 1.07. The van der Waals surface area contributed by atoms with Crippen LogP contribution in [0.5, 0.6) is 0 Å². The van der Waals surface area contributed by atoms with Crippen LogP contribution in [-0.2, 0) is 4.74 Å². The van der Waals surface area contributed by atoms with Crippen molar-refractivity contribution in [2.24, 2.45) is 0 Å². The van der Waals surface area contributed by atoms with Crippen LogP contribution >= 0.6 is 11.8 Å². The molecule has 0 aliphatic carbocycles. The summed E-state index contributed by atoms with van der Waals surface area (Å²) in [5, 5.41) is 9.16. The Bertz CT molecular complexity index is 92.4. The van der Waals surface area contributed by atoms with Crippen molar-refractivity contribution in [3.8, 4) is 0 Å². The van der Waals surface area contributed by atoms with Crippen molar-refractivity contribution in [3.63, 3.8) is 0 Å². The maximum absolute atomic E-state index is 7.06. The number of hydrogen-bond donors (Lipinski definition) is 1. The summed E-state index contributed by atoms with van der Waals surface area (Å²) in [4.78, 5) is 0. The van der Waals surface area contributed by atoms with Crippen LogP contribution < -0.4 is 0 Å². The van der Waals surface area contributed by atoms with Crippen LogP contribution in [0, 0.1) is 5.41 Å². The number of thioether (sulfide) groups is 1. The molecule has 46 valence electrons. The van der Waals surface area contributed by atoms with E-state index in [0.29, 0.717) is 11.7 Å². The second-order valence-corrected chi connectivity index (χ2v) is 2.20. The predicted molar refractivity (Wildman–Crippen MR) is 37.4 cm³/mol. The van der Waals surface area contributed by atoms with Crippen LogP contribution in [0.25, 0.3) is 0 Å². The Hall–Kier alpha value is -0.280. The molecule has 0 spiro atoms. The molecule has 0 aromatic carbocycles. The standard InChI is InChI=1S/C5H9NOS/c1-3-8-5(6)4-7-2/h3,6H,1,4H2,2H3. The van der Waals surface area contributed by atoms with Gasteiger partial charge in [-0.25, -0.2) is 0 Å². The van der Waals surface area contributed by atoms with E-state index in [9.17, 15) is 0 Å². The van der Waals surface area contributed by atoms with E-state index in [4.69, 9.17) is 5.41 Å². The fourth-order valence-electron chi connectivity index (χ4n) is 0.266. The summed E-state index contributed by atoms with van der Waals surface area (Å²) in [7, 11) is 1.57. The fourth-order valence-corrected chi connectivity index (χ4v) is 0.653. The smallest absolute Gasteiger partial charge is 0.0941 e. The average Bonchev–Trinajstić information content (AvgIpc) is 1.68. The molecule has 0 atom stereocenters. The van der Waals surface area contributed by atoms with Gasteiger partial charge in [0.05, 0.1) is 11.7 Å². The monoisotopic (exact) mass is 131 g/mol. The molecule has 0 aliphatic rings. The molecule has 1 N–H and O–H groups in total. The zero-order valence-corrected chi connectivity index (χ0v) is 5.62. The summed E-state index contributed by atoms with van der Waals surface area (Å²) in [6.45, 7) is 3.84. The average molecular weight is 131 g/mol. The molecule has 0 amide bonds. The highest BCUT2D eigenvalue weighted by atomic mass is 32.2. The number of ether oxygens (including phenoxy) is 1. The van der Waals surface area contributed by atoms with Crippen molar-refractivity contribution >= 4 is 16.8 Å². The van der Waals surface area contributed by atoms with Crippen molar-refractivity contribution < 1.29 is 4.74 Å². The molecule has 0 aliphatic heterocycles. The van der Waals surface area contributed by atoms with Crippen LogP contribution in [0.1, 0.15) is 0 Å². The lowest BCUT2D eigenvalue weighted by atomic mass is 10.8. The zero-order chi connectivity index (χ0) is 6.41. The minimum Gasteiger partial charge on any atom is -0.378 e. The minimum absolute atomic E-state index is 0.386. The van der Waals surface area contributed by atoms with Gasteiger partial charge in [0.1, 0.15) is 0 Å². The maximum Gasteiger partial charge on any atom is 0.0941 e. The van der Waals surface area contributed by atoms with Gasteiger partial charge in [0.15, 0.2) is 0 Å². The van der Waals surface area contributed by atoms with Crippen molar-refractivity contribution in [1.82, 2.24) is 0 Å². The summed E-state index contributed by atoms with van der Waals surface area (Å²) in [6, 6.07) is 0. The highest BCUT2D eigenvalue weighted by Crippen LogP contribution is 2.01. The molecule has 0 unspecified atom stereocenters. The molecular weight excluding hydrogens is 122 g/mol. The van der Waals surface area contributed by atoms with Gasteiger partial charge >= 0.3 is 0 Å². The van der Waals surface area contributed by atoms with E-state index in [1.165, 1.54) is 11.8 Å². The summed E-state index contributed by atoms with van der Waals surface area (Å²) < 4.78 is 4.66. The molecule has 0 aromatic rings. The largest absolute Gasteiger partial charge is 0.378 e. The first kappa shape index (κ1) is 7.72. The molecular formula is C5H9NOS. The number of nitrogens with one attached hydrogen (secondary N) is 1. The van der Waals surface area contributed by atoms with Gasteiger partial charge in [-0.2, -0.15) is 0 Å². The quantitative estimate of drug-likeness (QED) is 0.465. The van der Waals surface area contributed by atoms with E-state index in [1.54, 1.807) is 12.5 Å². The Labute approximate surface area is 53.4 Å². The molecule has 0 aromatic heterocycles. The van der Waals surface area contributed by atoms with Crippen LogP contribution in [0.15, 0.2) is 12.0 Å². The maximum atomic E-state index is 7.06. The van der Waals surface area contributed by atoms with E-state index in [0.717, 1.165) is 0 Å². The number of rotatable bonds is 3. The lowest BCUT2D eigenvalue weighted by molar-refractivity contribution is 0.247. The van der Waals surface area contributed by atoms with Crippen LogP contribution in [-0.4, -0.2) is 18.8 Å². The summed E-state index contributed by atoms with van der Waals surface area (Å²) in [5.41, 5.74) is 0. The molecule has 0 bridgehead atoms. The van der Waals surface area contributed by atoms with Crippen molar-refractivity contribution in [2.75, 3.05) is 13.7 Å². The second kappa shape index (κ2) is 4.87. The highest BCUT2D eigenvalue weighted by molar-refractivity contribution is 8.16. The molecule has 0 saturated heterocycles. The fraction of sp³-hybridized carbons (Fsp3) is 0.400. The van der Waals surface area contributed by atoms with Crippen LogP contribution in [0.3, 0.4) is 0 Å². The van der Waals surface area contributed by atoms with Gasteiger partial charge in [0.2, 0.25) is 0 Å². The Balaban J connectivity index is 3.18. The zero-order valence-electron chi connectivity index (χ0n) is 4.81. The molecule has 0 fully saturated rings. The van der Waals surface area contributed by atoms with E-state index < -0.39 is 0 Å². The molecule has 2 nitrogen and oxygen atoms in total. The Kier molecular flexibility index (Phi) is 4.70. The van der Waals surface area contributed by atoms with Gasteiger partial charge in [-0.15, -0.1) is 0 Å². The third-order valence-electron chi connectivity index (χ3n) is 0.501. The first-order valence-corrected chi connectivity index (χ1v) is 3.03. The van der Waals surface area contributed by atoms with E-state index in [-0.39, 0.29) is 0 Å². The second-order valence-electron chi connectivity index (χ2n) is 1.14. The summed E-state index contributed by atoms with van der Waals surface area (Å²) in [6.07, 6.45) is 0. The number of hydrogen-bond acceptors (Lipinski definition) is 3. The van der Waals surface area contributed by atoms with Crippen LogP contribution in [0.4, 0.5) is 0 Å². The van der Waals surface area contributed by atoms with Crippen LogP contribution in [0.2, 0.25) is 0 Å². The summed E-state index contributed by atoms with van der Waals surface area (Å²) >= 11 is 1.28. The number of methoxy groups -OCH3 is 1. The van der Waals surface area contributed by atoms with Crippen molar-refractivity contribution in [3.05, 3.63) is 12.0 Å². The molecule has 3 heteroatoms. The van der Waals surface area contributed by atoms with Gasteiger partial charge in [-0.05, 0) is 5.41 Å². The SMILES string of the molecule is C=CSC(=N)COC. The topological polar surface area (TPSA) is 33.1 Å². The van der Waals surface area contributed by atoms with Gasteiger partial charge in [0.25, 0.3) is 0 Å². The van der Waals surface area contributed by atoms with Gasteiger partial charge in [0, 0.05) is 7.11 Å². The van der Waals surface area contributed by atoms with E-state index in [1.807, 2.05) is 0 Å². The van der Waals surface area contributed by atoms with Crippen molar-refractivity contribution in [2.45, 2.75) is 0 Å². The Morgan fingerprint density at radius 3 is 3.00 bits per heavy atom. The van der Waals surface area contributed by atoms with E-state index >= 15 is 0 Å². The first-order chi connectivity index (χ1) is 3.81. The first-order valence-electron chi connectivity index (χ1n) is 2.15. The third kappa shape index (κ3) is 3.89. The molecule has 0 saturated carbocycles. The van der Waals surface area contributed by atoms with Gasteiger partial charge < -0.3 is 4.74 Å².